The Bertz CT molecular complexity index is 688. The van der Waals surface area contributed by atoms with Crippen LogP contribution in [0.1, 0.15) is 5.89 Å². The van der Waals surface area contributed by atoms with Gasteiger partial charge in [-0.2, -0.15) is 5.10 Å². The molecule has 1 aromatic carbocycles. The maximum absolute atomic E-state index is 5.84. The van der Waals surface area contributed by atoms with Crippen LogP contribution in [0.5, 0.6) is 0 Å². The number of hydrogen-bond acceptors (Lipinski definition) is 5. The number of thioether (sulfide) groups is 1. The number of aryl methyl sites for hydroxylation is 1. The molecule has 2 heterocycles. The van der Waals surface area contributed by atoms with Gasteiger partial charge < -0.3 is 10.2 Å². The van der Waals surface area contributed by atoms with Gasteiger partial charge in [-0.3, -0.25) is 4.68 Å². The van der Waals surface area contributed by atoms with Crippen LogP contribution in [0, 0.1) is 0 Å². The van der Waals surface area contributed by atoms with E-state index in [0.29, 0.717) is 17.3 Å². The minimum Gasteiger partial charge on any atom is -0.440 e. The van der Waals surface area contributed by atoms with E-state index in [1.54, 1.807) is 16.4 Å². The number of para-hydroxylation sites is 1. The van der Waals surface area contributed by atoms with Crippen LogP contribution < -0.4 is 5.73 Å². The third-order valence-corrected chi connectivity index (χ3v) is 3.47. The van der Waals surface area contributed by atoms with Crippen molar-refractivity contribution in [3.63, 3.8) is 0 Å². The molecule has 0 aliphatic carbocycles. The molecule has 0 spiro atoms. The Kier molecular flexibility index (Phi) is 2.71. The molecule has 5 nitrogen and oxygen atoms in total. The van der Waals surface area contributed by atoms with E-state index in [9.17, 15) is 0 Å². The smallest absolute Gasteiger partial charge is 0.205 e. The van der Waals surface area contributed by atoms with Crippen molar-refractivity contribution in [2.75, 3.05) is 5.73 Å². The molecular weight excluding hydrogens is 248 g/mol. The molecule has 0 atom stereocenters. The van der Waals surface area contributed by atoms with Crippen molar-refractivity contribution < 1.29 is 4.42 Å². The van der Waals surface area contributed by atoms with Crippen LogP contribution >= 0.6 is 11.8 Å². The highest BCUT2D eigenvalue weighted by Gasteiger charge is 2.08. The monoisotopic (exact) mass is 260 g/mol. The summed E-state index contributed by atoms with van der Waals surface area (Å²) in [4.78, 5) is 5.48. The lowest BCUT2D eigenvalue weighted by molar-refractivity contribution is 0.556. The Labute approximate surface area is 108 Å². The highest BCUT2D eigenvalue weighted by atomic mass is 32.2. The molecule has 92 valence electrons. The van der Waals surface area contributed by atoms with Gasteiger partial charge >= 0.3 is 0 Å². The number of aromatic nitrogens is 3. The number of oxazole rings is 1. The van der Waals surface area contributed by atoms with Gasteiger partial charge in [0.25, 0.3) is 0 Å². The number of hydrogen-bond donors (Lipinski definition) is 1. The van der Waals surface area contributed by atoms with Crippen LogP contribution in [0.25, 0.3) is 11.1 Å². The Morgan fingerprint density at radius 3 is 3.06 bits per heavy atom. The molecule has 0 unspecified atom stereocenters. The van der Waals surface area contributed by atoms with Crippen molar-refractivity contribution in [2.45, 2.75) is 10.6 Å². The number of benzene rings is 1. The lowest BCUT2D eigenvalue weighted by Crippen LogP contribution is -1.85. The number of fused-ring (bicyclic) bond motifs is 1. The fraction of sp³-hybridized carbons (Fsp3) is 0.167. The van der Waals surface area contributed by atoms with Crippen molar-refractivity contribution in [3.05, 3.63) is 36.5 Å². The number of rotatable bonds is 3. The zero-order chi connectivity index (χ0) is 12.5. The summed E-state index contributed by atoms with van der Waals surface area (Å²) in [7, 11) is 1.89. The van der Waals surface area contributed by atoms with E-state index in [-0.39, 0.29) is 0 Å². The summed E-state index contributed by atoms with van der Waals surface area (Å²) in [5.74, 6) is 1.34. The van der Waals surface area contributed by atoms with Crippen LogP contribution in [0.2, 0.25) is 0 Å². The third kappa shape index (κ3) is 2.06. The first-order valence-electron chi connectivity index (χ1n) is 5.48. The first kappa shape index (κ1) is 11.2. The van der Waals surface area contributed by atoms with Gasteiger partial charge in [-0.15, -0.1) is 11.8 Å². The number of nitrogen functional groups attached to an aromatic ring is 1. The van der Waals surface area contributed by atoms with Crippen LogP contribution in [-0.4, -0.2) is 14.8 Å². The lowest BCUT2D eigenvalue weighted by Gasteiger charge is -1.92. The van der Waals surface area contributed by atoms with E-state index in [1.807, 2.05) is 37.6 Å². The average Bonchev–Trinajstić information content (AvgIpc) is 2.93. The Balaban J connectivity index is 1.81. The molecule has 0 aliphatic heterocycles. The molecule has 0 fully saturated rings. The van der Waals surface area contributed by atoms with Gasteiger partial charge in [0, 0.05) is 18.1 Å². The predicted molar refractivity (Wildman–Crippen MR) is 71.2 cm³/mol. The van der Waals surface area contributed by atoms with Gasteiger partial charge in [0.1, 0.15) is 5.52 Å². The van der Waals surface area contributed by atoms with E-state index in [1.165, 1.54) is 0 Å². The summed E-state index contributed by atoms with van der Waals surface area (Å²) in [5, 5.41) is 4.11. The van der Waals surface area contributed by atoms with Crippen molar-refractivity contribution in [2.24, 2.45) is 7.05 Å². The second-order valence-corrected chi connectivity index (χ2v) is 4.99. The summed E-state index contributed by atoms with van der Waals surface area (Å²) in [6.45, 7) is 0. The Hall–Kier alpha value is -1.95. The molecule has 0 aliphatic rings. The number of nitrogens with zero attached hydrogens (tertiary/aromatic N) is 3. The molecule has 0 amide bonds. The summed E-state index contributed by atoms with van der Waals surface area (Å²) in [6.07, 6.45) is 3.78. The van der Waals surface area contributed by atoms with Gasteiger partial charge in [-0.25, -0.2) is 4.98 Å². The zero-order valence-electron chi connectivity index (χ0n) is 9.83. The number of nitrogens with two attached hydrogens (primary N) is 1. The predicted octanol–water partition coefficient (Wildman–Crippen LogP) is 2.44. The molecule has 0 radical (unpaired) electrons. The molecule has 0 saturated heterocycles. The Morgan fingerprint density at radius 1 is 1.44 bits per heavy atom. The third-order valence-electron chi connectivity index (χ3n) is 2.54. The molecule has 2 N–H and O–H groups in total. The molecule has 0 bridgehead atoms. The quantitative estimate of drug-likeness (QED) is 0.578. The molecule has 3 rings (SSSR count). The standard InChI is InChI=1S/C12H12N4OS/c1-16-6-8(5-14-16)18-7-11-15-12-9(13)3-2-4-10(12)17-11/h2-6H,7,13H2,1H3. The maximum Gasteiger partial charge on any atom is 0.205 e. The van der Waals surface area contributed by atoms with E-state index >= 15 is 0 Å². The summed E-state index contributed by atoms with van der Waals surface area (Å²) in [5.41, 5.74) is 7.95. The second kappa shape index (κ2) is 4.38. The van der Waals surface area contributed by atoms with E-state index in [2.05, 4.69) is 10.1 Å². The van der Waals surface area contributed by atoms with Crippen molar-refractivity contribution >= 4 is 28.5 Å². The van der Waals surface area contributed by atoms with Gasteiger partial charge in [0.2, 0.25) is 5.89 Å². The maximum atomic E-state index is 5.84. The molecular formula is C12H12N4OS. The van der Waals surface area contributed by atoms with Gasteiger partial charge in [0.05, 0.1) is 17.6 Å². The van der Waals surface area contributed by atoms with Crippen LogP contribution in [0.4, 0.5) is 5.69 Å². The first-order valence-corrected chi connectivity index (χ1v) is 6.46. The fourth-order valence-corrected chi connectivity index (χ4v) is 2.46. The van der Waals surface area contributed by atoms with Gasteiger partial charge in [0.15, 0.2) is 5.58 Å². The average molecular weight is 260 g/mol. The van der Waals surface area contributed by atoms with E-state index in [0.717, 1.165) is 16.0 Å². The van der Waals surface area contributed by atoms with Crippen LogP contribution in [-0.2, 0) is 12.8 Å². The van der Waals surface area contributed by atoms with Crippen LogP contribution in [0.3, 0.4) is 0 Å². The highest BCUT2D eigenvalue weighted by Crippen LogP contribution is 2.26. The lowest BCUT2D eigenvalue weighted by atomic mass is 10.3. The van der Waals surface area contributed by atoms with Crippen LogP contribution in [0.15, 0.2) is 39.9 Å². The minimum absolute atomic E-state index is 0.647. The second-order valence-electron chi connectivity index (χ2n) is 3.94. The SMILES string of the molecule is Cn1cc(SCc2nc3c(N)cccc3o2)cn1. The zero-order valence-corrected chi connectivity index (χ0v) is 10.6. The van der Waals surface area contributed by atoms with E-state index in [4.69, 9.17) is 10.2 Å². The summed E-state index contributed by atoms with van der Waals surface area (Å²) >= 11 is 1.64. The molecule has 6 heteroatoms. The van der Waals surface area contributed by atoms with Crippen molar-refractivity contribution in [1.82, 2.24) is 14.8 Å². The molecule has 3 aromatic rings. The topological polar surface area (TPSA) is 69.9 Å². The minimum atomic E-state index is 0.647. The largest absolute Gasteiger partial charge is 0.440 e. The highest BCUT2D eigenvalue weighted by molar-refractivity contribution is 7.98. The fourth-order valence-electron chi connectivity index (χ4n) is 1.70. The van der Waals surface area contributed by atoms with Crippen molar-refractivity contribution in [3.8, 4) is 0 Å². The normalized spacial score (nSPS) is 11.2. The Morgan fingerprint density at radius 2 is 2.33 bits per heavy atom. The summed E-state index contributed by atoms with van der Waals surface area (Å²) in [6, 6.07) is 5.56. The van der Waals surface area contributed by atoms with E-state index < -0.39 is 0 Å². The summed E-state index contributed by atoms with van der Waals surface area (Å²) < 4.78 is 7.41. The first-order chi connectivity index (χ1) is 8.72. The van der Waals surface area contributed by atoms with Crippen molar-refractivity contribution in [1.29, 1.82) is 0 Å². The molecule has 2 aromatic heterocycles. The van der Waals surface area contributed by atoms with Gasteiger partial charge in [-0.1, -0.05) is 6.07 Å². The van der Waals surface area contributed by atoms with Gasteiger partial charge in [-0.05, 0) is 12.1 Å². The molecule has 18 heavy (non-hydrogen) atoms. The molecule has 0 saturated carbocycles. The number of anilines is 1.